The van der Waals surface area contributed by atoms with E-state index in [1.807, 2.05) is 54.6 Å². The Hall–Kier alpha value is -2.04. The van der Waals surface area contributed by atoms with Gasteiger partial charge in [0.1, 0.15) is 28.1 Å². The molecule has 0 saturated heterocycles. The molecule has 4 rings (SSSR count). The molecule has 0 aliphatic heterocycles. The van der Waals surface area contributed by atoms with E-state index in [0.29, 0.717) is 11.7 Å². The van der Waals surface area contributed by atoms with Crippen LogP contribution in [-0.4, -0.2) is 8.42 Å². The predicted octanol–water partition coefficient (Wildman–Crippen LogP) is 2.50. The molecule has 0 spiro atoms. The SMILES string of the molecule is O=S(=O)(F)c1cc(Cl)ccc1C[P+](c1ccccc1)(c1ccccc1)c1ccccc1.[Br-]. The van der Waals surface area contributed by atoms with Crippen LogP contribution in [-0.2, 0) is 16.4 Å². The van der Waals surface area contributed by atoms with Gasteiger partial charge in [0.15, 0.2) is 0 Å². The summed E-state index contributed by atoms with van der Waals surface area (Å²) in [4.78, 5) is -0.368. The van der Waals surface area contributed by atoms with Crippen LogP contribution in [0.3, 0.4) is 0 Å². The highest BCUT2D eigenvalue weighted by molar-refractivity contribution is 7.95. The minimum absolute atomic E-state index is 0. The lowest BCUT2D eigenvalue weighted by molar-refractivity contribution is -0.00000946. The average Bonchev–Trinajstić information content (AvgIpc) is 2.79. The van der Waals surface area contributed by atoms with Crippen LogP contribution in [0.1, 0.15) is 5.56 Å². The molecule has 0 N–H and O–H groups in total. The van der Waals surface area contributed by atoms with E-state index in [1.165, 1.54) is 6.07 Å². The van der Waals surface area contributed by atoms with E-state index in [-0.39, 0.29) is 26.9 Å². The van der Waals surface area contributed by atoms with E-state index in [9.17, 15) is 12.3 Å². The summed E-state index contributed by atoms with van der Waals surface area (Å²) in [6, 6.07) is 34.5. The Balaban J connectivity index is 0.00000289. The van der Waals surface area contributed by atoms with Gasteiger partial charge >= 0.3 is 10.2 Å². The highest BCUT2D eigenvalue weighted by atomic mass is 79.9. The second-order valence-electron chi connectivity index (χ2n) is 7.16. The van der Waals surface area contributed by atoms with E-state index in [0.717, 1.165) is 15.9 Å². The molecule has 0 saturated carbocycles. The van der Waals surface area contributed by atoms with Crippen molar-refractivity contribution in [1.29, 1.82) is 0 Å². The third kappa shape index (κ3) is 4.97. The van der Waals surface area contributed by atoms with E-state index < -0.39 is 17.5 Å². The fraction of sp³-hybridized carbons (Fsp3) is 0.0400. The standard InChI is InChI=1S/C25H20ClFO2PS.BrH/c26-21-17-16-20(25(18-21)31(27,28)29)19-30(22-10-4-1-5-11-22,23-12-6-2-7-13-23)24-14-8-3-9-15-24;/h1-18H,19H2;1H/q+1;/p-1. The molecule has 4 aromatic rings. The highest BCUT2D eigenvalue weighted by Crippen LogP contribution is 2.58. The first kappa shape index (κ1) is 24.6. The number of benzene rings is 4. The predicted molar refractivity (Wildman–Crippen MR) is 129 cm³/mol. The molecule has 0 bridgehead atoms. The summed E-state index contributed by atoms with van der Waals surface area (Å²) in [5, 5.41) is 3.45. The largest absolute Gasteiger partial charge is 1.00 e. The fourth-order valence-corrected chi connectivity index (χ4v) is 9.25. The molecule has 0 amide bonds. The molecule has 2 nitrogen and oxygen atoms in total. The summed E-state index contributed by atoms with van der Waals surface area (Å²) < 4.78 is 38.2. The summed E-state index contributed by atoms with van der Waals surface area (Å²) in [5.41, 5.74) is 0.414. The van der Waals surface area contributed by atoms with Gasteiger partial charge in [-0.1, -0.05) is 72.3 Å². The number of hydrogen-bond acceptors (Lipinski definition) is 2. The molecule has 0 atom stereocenters. The Morgan fingerprint density at radius 3 is 1.47 bits per heavy atom. The zero-order chi connectivity index (χ0) is 21.9. The molecule has 0 radical (unpaired) electrons. The van der Waals surface area contributed by atoms with Gasteiger partial charge in [-0.25, -0.2) is 0 Å². The Morgan fingerprint density at radius 1 is 0.688 bits per heavy atom. The molecule has 7 heteroatoms. The number of halogens is 3. The molecule has 4 aromatic carbocycles. The maximum Gasteiger partial charge on any atom is 0.332 e. The van der Waals surface area contributed by atoms with Gasteiger partial charge in [0.25, 0.3) is 0 Å². The lowest BCUT2D eigenvalue weighted by Gasteiger charge is -2.28. The summed E-state index contributed by atoms with van der Waals surface area (Å²) in [5.74, 6) is 0. The monoisotopic (exact) mass is 548 g/mol. The first-order chi connectivity index (χ1) is 14.9. The van der Waals surface area contributed by atoms with Crippen LogP contribution in [0.2, 0.25) is 5.02 Å². The van der Waals surface area contributed by atoms with Gasteiger partial charge in [-0.2, -0.15) is 8.42 Å². The smallest absolute Gasteiger partial charge is 0.332 e. The molecular formula is C25H20BrClFO2PS. The zero-order valence-electron chi connectivity index (χ0n) is 16.9. The minimum Gasteiger partial charge on any atom is -1.00 e. The molecule has 0 heterocycles. The highest BCUT2D eigenvalue weighted by Gasteiger charge is 2.46. The van der Waals surface area contributed by atoms with Crippen LogP contribution >= 0.6 is 18.9 Å². The van der Waals surface area contributed by atoms with E-state index in [2.05, 4.69) is 36.4 Å². The van der Waals surface area contributed by atoms with Crippen molar-refractivity contribution in [2.75, 3.05) is 0 Å². The van der Waals surface area contributed by atoms with Crippen LogP contribution in [0.25, 0.3) is 0 Å². The Labute approximate surface area is 204 Å². The number of hydrogen-bond donors (Lipinski definition) is 0. The summed E-state index contributed by atoms with van der Waals surface area (Å²) >= 11 is 6.02. The van der Waals surface area contributed by atoms with Gasteiger partial charge in [-0.05, 0) is 48.5 Å². The topological polar surface area (TPSA) is 34.1 Å². The van der Waals surface area contributed by atoms with Crippen LogP contribution in [0.5, 0.6) is 0 Å². The first-order valence-corrected chi connectivity index (χ1v) is 13.4. The maximum atomic E-state index is 14.3. The van der Waals surface area contributed by atoms with Crippen LogP contribution in [0.4, 0.5) is 3.89 Å². The van der Waals surface area contributed by atoms with Crippen molar-refractivity contribution in [1.82, 2.24) is 0 Å². The van der Waals surface area contributed by atoms with Crippen molar-refractivity contribution >= 4 is 45.0 Å². The van der Waals surface area contributed by atoms with Crippen molar-refractivity contribution in [3.8, 4) is 0 Å². The lowest BCUT2D eigenvalue weighted by atomic mass is 10.2. The Kier molecular flexibility index (Phi) is 7.89. The van der Waals surface area contributed by atoms with E-state index in [1.54, 1.807) is 12.1 Å². The second kappa shape index (κ2) is 10.3. The molecule has 0 fully saturated rings. The summed E-state index contributed by atoms with van der Waals surface area (Å²) in [7, 11) is -7.30. The van der Waals surface area contributed by atoms with E-state index in [4.69, 9.17) is 11.6 Å². The van der Waals surface area contributed by atoms with E-state index >= 15 is 0 Å². The van der Waals surface area contributed by atoms with Crippen molar-refractivity contribution in [3.05, 3.63) is 120 Å². The van der Waals surface area contributed by atoms with Gasteiger partial charge in [-0.15, -0.1) is 3.89 Å². The van der Waals surface area contributed by atoms with Crippen molar-refractivity contribution < 1.29 is 29.3 Å². The van der Waals surface area contributed by atoms with Gasteiger partial charge in [-0.3, -0.25) is 0 Å². The minimum atomic E-state index is -4.94. The first-order valence-electron chi connectivity index (χ1n) is 9.69. The van der Waals surface area contributed by atoms with Crippen molar-refractivity contribution in [3.63, 3.8) is 0 Å². The third-order valence-electron chi connectivity index (χ3n) is 5.29. The van der Waals surface area contributed by atoms with Gasteiger partial charge in [0.2, 0.25) is 0 Å². The van der Waals surface area contributed by atoms with Crippen LogP contribution in [0, 0.1) is 0 Å². The fourth-order valence-electron chi connectivity index (χ4n) is 3.91. The quantitative estimate of drug-likeness (QED) is 0.274. The van der Waals surface area contributed by atoms with Gasteiger partial charge in [0, 0.05) is 10.6 Å². The second-order valence-corrected chi connectivity index (χ2v) is 12.4. The molecule has 0 unspecified atom stereocenters. The van der Waals surface area contributed by atoms with Crippen molar-refractivity contribution in [2.24, 2.45) is 0 Å². The van der Waals surface area contributed by atoms with Gasteiger partial charge in [0.05, 0.1) is 6.16 Å². The Morgan fingerprint density at radius 2 is 1.09 bits per heavy atom. The molecule has 0 aromatic heterocycles. The van der Waals surface area contributed by atoms with Crippen LogP contribution in [0.15, 0.2) is 114 Å². The summed E-state index contributed by atoms with van der Waals surface area (Å²) in [6.45, 7) is 0. The summed E-state index contributed by atoms with van der Waals surface area (Å²) in [6.07, 6.45) is 0.348. The van der Waals surface area contributed by atoms with Gasteiger partial charge < -0.3 is 17.0 Å². The maximum absolute atomic E-state index is 14.3. The molecule has 0 aliphatic carbocycles. The third-order valence-corrected chi connectivity index (χ3v) is 10.8. The zero-order valence-corrected chi connectivity index (χ0v) is 21.0. The Bertz CT molecular complexity index is 1190. The normalized spacial score (nSPS) is 11.6. The molecule has 164 valence electrons. The molecule has 32 heavy (non-hydrogen) atoms. The average molecular weight is 550 g/mol. The lowest BCUT2D eigenvalue weighted by Crippen LogP contribution is -3.00. The molecule has 0 aliphatic rings. The van der Waals surface area contributed by atoms with Crippen molar-refractivity contribution in [2.45, 2.75) is 11.1 Å². The molecular weight excluding hydrogens is 530 g/mol. The van der Waals surface area contributed by atoms with Crippen LogP contribution < -0.4 is 32.9 Å². The number of rotatable bonds is 6.